The number of aliphatic imine (C=N–C) groups is 1. The molecule has 0 aromatic rings. The molecule has 0 saturated carbocycles. The van der Waals surface area contributed by atoms with Gasteiger partial charge in [-0.15, -0.1) is 12.4 Å². The second kappa shape index (κ2) is 7.65. The predicted octanol–water partition coefficient (Wildman–Crippen LogP) is -0.825. The van der Waals surface area contributed by atoms with Crippen molar-refractivity contribution in [3.63, 3.8) is 0 Å². The van der Waals surface area contributed by atoms with Gasteiger partial charge >= 0.3 is 0 Å². The molecule has 0 amide bonds. The Balaban J connectivity index is -0.000000320. The van der Waals surface area contributed by atoms with Gasteiger partial charge in [0.15, 0.2) is 5.96 Å². The van der Waals surface area contributed by atoms with E-state index < -0.39 is 0 Å². The van der Waals surface area contributed by atoms with E-state index in [0.717, 1.165) is 0 Å². The Morgan fingerprint density at radius 3 is 1.82 bits per heavy atom. The molecule has 0 aromatic carbocycles. The number of hydrogen-bond donors (Lipinski definition) is 3. The topological polar surface area (TPSA) is 91.5 Å². The van der Waals surface area contributed by atoms with Crippen LogP contribution in [0.15, 0.2) is 4.99 Å². The van der Waals surface area contributed by atoms with Crippen molar-refractivity contribution in [3.05, 3.63) is 0 Å². The van der Waals surface area contributed by atoms with Crippen LogP contribution in [0.3, 0.4) is 0 Å². The van der Waals surface area contributed by atoms with Crippen LogP contribution in [0.4, 0.5) is 0 Å². The molecule has 0 bridgehead atoms. The standard InChI is InChI=1S/C4H11N5.ClH.Fe/c1-9(2)4(7)8-3(5)6;;/h1-2H3,(H5,5,6,7,8);1H;. The van der Waals surface area contributed by atoms with Gasteiger partial charge in [0.05, 0.1) is 0 Å². The maximum absolute atomic E-state index is 6.70. The Bertz CT molecular complexity index is 145. The Hall–Kier alpha value is -0.451. The van der Waals surface area contributed by atoms with E-state index in [1.54, 1.807) is 19.0 Å². The molecule has 0 aromatic heterocycles. The van der Waals surface area contributed by atoms with Crippen LogP contribution < -0.4 is 11.5 Å². The van der Waals surface area contributed by atoms with Crippen molar-refractivity contribution in [2.45, 2.75) is 0 Å². The third-order valence-corrected chi connectivity index (χ3v) is 0.693. The molecule has 7 heteroatoms. The Labute approximate surface area is 82.6 Å². The summed E-state index contributed by atoms with van der Waals surface area (Å²) < 4.78 is 0. The van der Waals surface area contributed by atoms with Crippen molar-refractivity contribution in [1.29, 1.82) is 5.41 Å². The van der Waals surface area contributed by atoms with E-state index in [1.165, 1.54) is 0 Å². The number of nitrogens with zero attached hydrogens (tertiary/aromatic N) is 2. The summed E-state index contributed by atoms with van der Waals surface area (Å²) in [6.07, 6.45) is 0. The fourth-order valence-corrected chi connectivity index (χ4v) is 0.223. The summed E-state index contributed by atoms with van der Waals surface area (Å²) in [7, 11) is 3.45. The van der Waals surface area contributed by atoms with Gasteiger partial charge in [-0.1, -0.05) is 0 Å². The molecule has 0 unspecified atom stereocenters. The fourth-order valence-electron chi connectivity index (χ4n) is 0.223. The van der Waals surface area contributed by atoms with Gasteiger partial charge in [0.25, 0.3) is 0 Å². The van der Waals surface area contributed by atoms with E-state index >= 15 is 0 Å². The van der Waals surface area contributed by atoms with Gasteiger partial charge in [-0.25, -0.2) is 0 Å². The normalized spacial score (nSPS) is 9.09. The number of rotatable bonds is 0. The molecule has 11 heavy (non-hydrogen) atoms. The zero-order chi connectivity index (χ0) is 7.44. The number of halogens is 1. The summed E-state index contributed by atoms with van der Waals surface area (Å²) in [4.78, 5) is 5.03. The van der Waals surface area contributed by atoms with E-state index in [4.69, 9.17) is 16.9 Å². The first-order valence-electron chi connectivity index (χ1n) is 2.39. The number of nitrogens with two attached hydrogens (primary N) is 2. The van der Waals surface area contributed by atoms with E-state index in [9.17, 15) is 0 Å². The maximum atomic E-state index is 6.70. The monoisotopic (exact) mass is 221 g/mol. The van der Waals surface area contributed by atoms with Crippen molar-refractivity contribution in [3.8, 4) is 0 Å². The predicted molar refractivity (Wildman–Crippen MR) is 44.5 cm³/mol. The fraction of sp³-hybridized carbons (Fsp3) is 0.500. The van der Waals surface area contributed by atoms with E-state index in [2.05, 4.69) is 4.99 Å². The summed E-state index contributed by atoms with van der Waals surface area (Å²) in [6, 6.07) is 0. The van der Waals surface area contributed by atoms with Crippen molar-refractivity contribution in [2.24, 2.45) is 16.5 Å². The molecule has 0 fully saturated rings. The molecule has 0 aliphatic rings. The Morgan fingerprint density at radius 1 is 1.36 bits per heavy atom. The maximum Gasteiger partial charge on any atom is 0.215 e. The molecule has 0 saturated heterocycles. The zero-order valence-corrected chi connectivity index (χ0v) is 8.23. The number of guanidine groups is 2. The van der Waals surface area contributed by atoms with E-state index in [0.29, 0.717) is 0 Å². The number of hydrogen-bond acceptors (Lipinski definition) is 1. The summed E-state index contributed by atoms with van der Waals surface area (Å²) >= 11 is 0. The smallest absolute Gasteiger partial charge is 0.215 e. The minimum atomic E-state index is -0.277. The van der Waals surface area contributed by atoms with Gasteiger partial charge in [0.2, 0.25) is 5.96 Å². The summed E-state index contributed by atoms with van der Waals surface area (Å²) in [6.45, 7) is 0. The van der Waals surface area contributed by atoms with Crippen LogP contribution in [0, 0.1) is 5.41 Å². The Kier molecular flexibility index (Phi) is 11.7. The molecular weight excluding hydrogens is 209 g/mol. The summed E-state index contributed by atoms with van der Waals surface area (Å²) in [5, 5.41) is 6.70. The van der Waals surface area contributed by atoms with Gasteiger partial charge < -0.3 is 16.4 Å². The van der Waals surface area contributed by atoms with Gasteiger partial charge in [-0.05, 0) is 0 Å². The molecule has 0 rings (SSSR count). The molecule has 68 valence electrons. The summed E-state index contributed by atoms with van der Waals surface area (Å²) in [5.41, 5.74) is 10.2. The third-order valence-electron chi connectivity index (χ3n) is 0.693. The molecule has 0 aliphatic heterocycles. The first kappa shape index (κ1) is 16.9. The molecule has 5 nitrogen and oxygen atoms in total. The van der Waals surface area contributed by atoms with Crippen LogP contribution in [-0.2, 0) is 17.1 Å². The van der Waals surface area contributed by atoms with Crippen molar-refractivity contribution < 1.29 is 17.1 Å². The molecule has 0 heterocycles. The van der Waals surface area contributed by atoms with Crippen LogP contribution in [0.2, 0.25) is 0 Å². The van der Waals surface area contributed by atoms with Crippen LogP contribution >= 0.6 is 12.4 Å². The average molecular weight is 221 g/mol. The van der Waals surface area contributed by atoms with Gasteiger partial charge in [-0.2, -0.15) is 4.99 Å². The second-order valence-corrected chi connectivity index (χ2v) is 1.75. The van der Waals surface area contributed by atoms with Crippen LogP contribution in [0.25, 0.3) is 0 Å². The molecule has 0 radical (unpaired) electrons. The average Bonchev–Trinajstić information content (AvgIpc) is 1.63. The quantitative estimate of drug-likeness (QED) is 0.283. The largest absolute Gasteiger partial charge is 0.369 e. The Morgan fingerprint density at radius 2 is 1.73 bits per heavy atom. The van der Waals surface area contributed by atoms with E-state index in [-0.39, 0.29) is 41.4 Å². The molecule has 0 aliphatic carbocycles. The second-order valence-electron chi connectivity index (χ2n) is 1.75. The van der Waals surface area contributed by atoms with Gasteiger partial charge in [0.1, 0.15) is 0 Å². The van der Waals surface area contributed by atoms with Crippen LogP contribution in [0.5, 0.6) is 0 Å². The zero-order valence-electron chi connectivity index (χ0n) is 6.31. The molecule has 0 atom stereocenters. The third kappa shape index (κ3) is 9.55. The van der Waals surface area contributed by atoms with E-state index in [1.807, 2.05) is 0 Å². The van der Waals surface area contributed by atoms with Gasteiger partial charge in [-0.3, -0.25) is 5.41 Å². The SMILES string of the molecule is CN(C)C(N)=NC(=N)N.Cl.[Fe]. The minimum Gasteiger partial charge on any atom is -0.369 e. The first-order valence-corrected chi connectivity index (χ1v) is 2.39. The molecule has 5 N–H and O–H groups in total. The summed E-state index contributed by atoms with van der Waals surface area (Å²) in [5.74, 6) is -0.0382. The minimum absolute atomic E-state index is 0. The van der Waals surface area contributed by atoms with Crippen molar-refractivity contribution in [2.75, 3.05) is 14.1 Å². The van der Waals surface area contributed by atoms with Crippen molar-refractivity contribution in [1.82, 2.24) is 4.90 Å². The number of nitrogens with one attached hydrogen (secondary N) is 1. The first-order chi connectivity index (χ1) is 4.04. The molecular formula is C4H12ClFeN5. The van der Waals surface area contributed by atoms with Crippen molar-refractivity contribution >= 4 is 24.3 Å². The van der Waals surface area contributed by atoms with Gasteiger partial charge in [0, 0.05) is 31.2 Å². The molecule has 0 spiro atoms. The van der Waals surface area contributed by atoms with Crippen LogP contribution in [-0.4, -0.2) is 30.9 Å². The van der Waals surface area contributed by atoms with Crippen LogP contribution in [0.1, 0.15) is 0 Å².